The van der Waals surface area contributed by atoms with E-state index in [1.807, 2.05) is 0 Å². The van der Waals surface area contributed by atoms with Crippen molar-refractivity contribution in [1.82, 2.24) is 9.21 Å². The first kappa shape index (κ1) is 20.6. The van der Waals surface area contributed by atoms with Crippen molar-refractivity contribution in [1.29, 1.82) is 0 Å². The van der Waals surface area contributed by atoms with E-state index in [-0.39, 0.29) is 29.7 Å². The summed E-state index contributed by atoms with van der Waals surface area (Å²) in [6.45, 7) is 1.97. The maximum absolute atomic E-state index is 13.0. The summed E-state index contributed by atoms with van der Waals surface area (Å²) in [4.78, 5) is 14.3. The third-order valence-corrected chi connectivity index (χ3v) is 7.18. The second-order valence-electron chi connectivity index (χ2n) is 7.22. The van der Waals surface area contributed by atoms with Gasteiger partial charge in [0.1, 0.15) is 19.0 Å². The van der Waals surface area contributed by atoms with Gasteiger partial charge in [0.15, 0.2) is 11.5 Å². The first-order chi connectivity index (χ1) is 14.4. The molecule has 7 nitrogen and oxygen atoms in total. The van der Waals surface area contributed by atoms with Crippen LogP contribution in [-0.2, 0) is 21.2 Å². The van der Waals surface area contributed by atoms with Crippen LogP contribution in [0.1, 0.15) is 12.0 Å². The van der Waals surface area contributed by atoms with Gasteiger partial charge in [-0.05, 0) is 36.2 Å². The summed E-state index contributed by atoms with van der Waals surface area (Å²) in [6, 6.07) is 10.7. The molecular weight excluding hydrogens is 411 g/mol. The number of benzene rings is 2. The number of aryl methyl sites for hydroxylation is 1. The molecule has 0 atom stereocenters. The van der Waals surface area contributed by atoms with E-state index in [9.17, 15) is 17.6 Å². The number of piperazine rings is 1. The molecule has 1 fully saturated rings. The average Bonchev–Trinajstić information content (AvgIpc) is 2.78. The molecule has 2 heterocycles. The standard InChI is InChI=1S/C21H23FN2O5S/c22-17-4-1-16(2-5-17)3-8-21(25)23-9-11-24(12-10-23)30(26,27)18-6-7-19-20(15-18)29-14-13-28-19/h1-2,4-7,15H,3,8-14H2. The Balaban J connectivity index is 1.34. The van der Waals surface area contributed by atoms with Crippen LogP contribution >= 0.6 is 0 Å². The second-order valence-corrected chi connectivity index (χ2v) is 9.15. The zero-order valence-electron chi connectivity index (χ0n) is 16.4. The highest BCUT2D eigenvalue weighted by molar-refractivity contribution is 7.89. The molecular formula is C21H23FN2O5S. The third kappa shape index (κ3) is 4.41. The number of rotatable bonds is 5. The Morgan fingerprint density at radius 1 is 0.933 bits per heavy atom. The highest BCUT2D eigenvalue weighted by atomic mass is 32.2. The van der Waals surface area contributed by atoms with Gasteiger partial charge in [0.2, 0.25) is 15.9 Å². The molecule has 1 saturated heterocycles. The van der Waals surface area contributed by atoms with Crippen molar-refractivity contribution >= 4 is 15.9 Å². The molecule has 2 aromatic carbocycles. The number of carbonyl (C=O) groups is 1. The van der Waals surface area contributed by atoms with E-state index in [2.05, 4.69) is 0 Å². The van der Waals surface area contributed by atoms with Gasteiger partial charge in [-0.25, -0.2) is 12.8 Å². The largest absolute Gasteiger partial charge is 0.486 e. The van der Waals surface area contributed by atoms with Crippen molar-refractivity contribution < 1.29 is 27.1 Å². The molecule has 0 aromatic heterocycles. The van der Waals surface area contributed by atoms with Gasteiger partial charge in [-0.15, -0.1) is 0 Å². The number of halogens is 1. The van der Waals surface area contributed by atoms with E-state index >= 15 is 0 Å². The minimum absolute atomic E-state index is 0.0318. The first-order valence-corrected chi connectivity index (χ1v) is 11.3. The highest BCUT2D eigenvalue weighted by Crippen LogP contribution is 2.33. The molecule has 9 heteroatoms. The Labute approximate surface area is 175 Å². The lowest BCUT2D eigenvalue weighted by atomic mass is 10.1. The van der Waals surface area contributed by atoms with Crippen molar-refractivity contribution in [2.24, 2.45) is 0 Å². The SMILES string of the molecule is O=C(CCc1ccc(F)cc1)N1CCN(S(=O)(=O)c2ccc3c(c2)OCCO3)CC1. The minimum atomic E-state index is -3.68. The maximum atomic E-state index is 13.0. The van der Waals surface area contributed by atoms with E-state index < -0.39 is 10.0 Å². The van der Waals surface area contributed by atoms with Gasteiger partial charge in [-0.3, -0.25) is 4.79 Å². The van der Waals surface area contributed by atoms with Gasteiger partial charge in [-0.2, -0.15) is 4.31 Å². The van der Waals surface area contributed by atoms with Gasteiger partial charge in [0.05, 0.1) is 4.90 Å². The Bertz CT molecular complexity index is 1020. The Morgan fingerprint density at radius 2 is 1.60 bits per heavy atom. The molecule has 2 aromatic rings. The number of fused-ring (bicyclic) bond motifs is 1. The van der Waals surface area contributed by atoms with Crippen LogP contribution in [0.2, 0.25) is 0 Å². The lowest BCUT2D eigenvalue weighted by Gasteiger charge is -2.34. The summed E-state index contributed by atoms with van der Waals surface area (Å²) in [5, 5.41) is 0. The third-order valence-electron chi connectivity index (χ3n) is 5.28. The van der Waals surface area contributed by atoms with Crippen molar-refractivity contribution in [3.05, 3.63) is 53.8 Å². The summed E-state index contributed by atoms with van der Waals surface area (Å²) in [5.41, 5.74) is 0.893. The molecule has 1 amide bonds. The fourth-order valence-electron chi connectivity index (χ4n) is 3.57. The van der Waals surface area contributed by atoms with Crippen LogP contribution in [0.15, 0.2) is 47.4 Å². The number of hydrogen-bond donors (Lipinski definition) is 0. The molecule has 0 bridgehead atoms. The van der Waals surface area contributed by atoms with Crippen molar-refractivity contribution in [3.8, 4) is 11.5 Å². The Hall–Kier alpha value is -2.65. The first-order valence-electron chi connectivity index (χ1n) is 9.85. The smallest absolute Gasteiger partial charge is 0.243 e. The number of nitrogens with zero attached hydrogens (tertiary/aromatic N) is 2. The van der Waals surface area contributed by atoms with Crippen LogP contribution in [0.25, 0.3) is 0 Å². The lowest BCUT2D eigenvalue weighted by molar-refractivity contribution is -0.132. The number of sulfonamides is 1. The van der Waals surface area contributed by atoms with Crippen LogP contribution in [0.3, 0.4) is 0 Å². The molecule has 0 saturated carbocycles. The van der Waals surface area contributed by atoms with Crippen LogP contribution in [-0.4, -0.2) is 62.9 Å². The predicted octanol–water partition coefficient (Wildman–Crippen LogP) is 2.06. The molecule has 2 aliphatic heterocycles. The van der Waals surface area contributed by atoms with Gasteiger partial charge < -0.3 is 14.4 Å². The number of amides is 1. The zero-order chi connectivity index (χ0) is 21.1. The molecule has 0 unspecified atom stereocenters. The minimum Gasteiger partial charge on any atom is -0.486 e. The summed E-state index contributed by atoms with van der Waals surface area (Å²) >= 11 is 0. The van der Waals surface area contributed by atoms with E-state index in [4.69, 9.17) is 9.47 Å². The lowest BCUT2D eigenvalue weighted by Crippen LogP contribution is -2.50. The van der Waals surface area contributed by atoms with Crippen molar-refractivity contribution in [2.75, 3.05) is 39.4 Å². The molecule has 0 spiro atoms. The molecule has 0 radical (unpaired) electrons. The quantitative estimate of drug-likeness (QED) is 0.720. The molecule has 0 N–H and O–H groups in total. The fourth-order valence-corrected chi connectivity index (χ4v) is 5.01. The monoisotopic (exact) mass is 434 g/mol. The Kier molecular flexibility index (Phi) is 5.92. The summed E-state index contributed by atoms with van der Waals surface area (Å²) in [6.07, 6.45) is 0.829. The average molecular weight is 434 g/mol. The van der Waals surface area contributed by atoms with Crippen LogP contribution in [0, 0.1) is 5.82 Å². The van der Waals surface area contributed by atoms with Crippen molar-refractivity contribution in [3.63, 3.8) is 0 Å². The van der Waals surface area contributed by atoms with Gasteiger partial charge in [-0.1, -0.05) is 12.1 Å². The van der Waals surface area contributed by atoms with E-state index in [1.165, 1.54) is 28.6 Å². The number of hydrogen-bond acceptors (Lipinski definition) is 5. The topological polar surface area (TPSA) is 76.2 Å². The molecule has 0 aliphatic carbocycles. The van der Waals surface area contributed by atoms with Gasteiger partial charge >= 0.3 is 0 Å². The number of ether oxygens (including phenoxy) is 2. The maximum Gasteiger partial charge on any atom is 0.243 e. The molecule has 30 heavy (non-hydrogen) atoms. The van der Waals surface area contributed by atoms with E-state index in [0.29, 0.717) is 50.6 Å². The van der Waals surface area contributed by atoms with Crippen LogP contribution in [0.5, 0.6) is 11.5 Å². The van der Waals surface area contributed by atoms with E-state index in [1.54, 1.807) is 23.1 Å². The molecule has 160 valence electrons. The number of carbonyl (C=O) groups excluding carboxylic acids is 1. The second kappa shape index (κ2) is 8.61. The van der Waals surface area contributed by atoms with Crippen molar-refractivity contribution in [2.45, 2.75) is 17.7 Å². The predicted molar refractivity (Wildman–Crippen MR) is 107 cm³/mol. The van der Waals surface area contributed by atoms with Gasteiger partial charge in [0, 0.05) is 38.7 Å². The highest BCUT2D eigenvalue weighted by Gasteiger charge is 2.31. The normalized spacial score (nSPS) is 17.0. The van der Waals surface area contributed by atoms with Crippen LogP contribution in [0.4, 0.5) is 4.39 Å². The fraction of sp³-hybridized carbons (Fsp3) is 0.381. The summed E-state index contributed by atoms with van der Waals surface area (Å²) in [7, 11) is -3.68. The molecule has 2 aliphatic rings. The zero-order valence-corrected chi connectivity index (χ0v) is 17.2. The summed E-state index contributed by atoms with van der Waals surface area (Å²) in [5.74, 6) is 0.629. The Morgan fingerprint density at radius 3 is 2.30 bits per heavy atom. The van der Waals surface area contributed by atoms with Gasteiger partial charge in [0.25, 0.3) is 0 Å². The molecule has 4 rings (SSSR count). The van der Waals surface area contributed by atoms with Crippen LogP contribution < -0.4 is 9.47 Å². The summed E-state index contributed by atoms with van der Waals surface area (Å²) < 4.78 is 51.3. The van der Waals surface area contributed by atoms with E-state index in [0.717, 1.165) is 5.56 Å².